The molecule has 0 unspecified atom stereocenters. The number of ether oxygens (including phenoxy) is 2. The second-order valence-electron chi connectivity index (χ2n) is 5.53. The van der Waals surface area contributed by atoms with Crippen molar-refractivity contribution in [3.63, 3.8) is 0 Å². The van der Waals surface area contributed by atoms with Crippen LogP contribution in [-0.2, 0) is 0 Å². The number of methoxy groups -OCH3 is 2. The van der Waals surface area contributed by atoms with Gasteiger partial charge in [-0.05, 0) is 43.2 Å². The molecule has 0 aliphatic carbocycles. The van der Waals surface area contributed by atoms with E-state index in [9.17, 15) is 5.11 Å². The number of anilines is 2. The molecule has 0 saturated heterocycles. The molecule has 0 spiro atoms. The van der Waals surface area contributed by atoms with Gasteiger partial charge in [-0.25, -0.2) is 9.97 Å². The Morgan fingerprint density at radius 3 is 2.29 bits per heavy atom. The molecule has 0 aliphatic heterocycles. The SMILES string of the molecule is COc1cc2ncnc(Nc3cc(C)c(OC)c(C)c3)c2cc1O. The standard InChI is InChI=1S/C18H19N3O3/c1-10-5-12(6-11(2)17(10)24-4)21-18-13-7-15(22)16(23-3)8-14(13)19-9-20-18/h5-9,22H,1-4H3,(H,19,20,21). The van der Waals surface area contributed by atoms with Crippen LogP contribution < -0.4 is 14.8 Å². The molecule has 6 nitrogen and oxygen atoms in total. The zero-order valence-corrected chi connectivity index (χ0v) is 14.0. The molecule has 0 radical (unpaired) electrons. The summed E-state index contributed by atoms with van der Waals surface area (Å²) in [6, 6.07) is 7.26. The molecule has 0 aliphatic rings. The van der Waals surface area contributed by atoms with E-state index in [1.54, 1.807) is 19.2 Å². The van der Waals surface area contributed by atoms with Gasteiger partial charge in [-0.15, -0.1) is 0 Å². The molecule has 0 atom stereocenters. The summed E-state index contributed by atoms with van der Waals surface area (Å²) in [7, 11) is 3.17. The number of benzene rings is 2. The molecule has 3 aromatic rings. The van der Waals surface area contributed by atoms with Gasteiger partial charge in [0, 0.05) is 17.1 Å². The maximum absolute atomic E-state index is 10.0. The van der Waals surface area contributed by atoms with Crippen LogP contribution in [0.1, 0.15) is 11.1 Å². The molecule has 1 aromatic heterocycles. The lowest BCUT2D eigenvalue weighted by Crippen LogP contribution is -1.99. The molecule has 0 bridgehead atoms. The molecule has 0 saturated carbocycles. The van der Waals surface area contributed by atoms with Crippen LogP contribution in [0.4, 0.5) is 11.5 Å². The van der Waals surface area contributed by atoms with Gasteiger partial charge in [-0.2, -0.15) is 0 Å². The number of fused-ring (bicyclic) bond motifs is 1. The minimum atomic E-state index is 0.0462. The highest BCUT2D eigenvalue weighted by molar-refractivity contribution is 5.93. The van der Waals surface area contributed by atoms with Crippen LogP contribution in [0.15, 0.2) is 30.6 Å². The second-order valence-corrected chi connectivity index (χ2v) is 5.53. The molecule has 0 fully saturated rings. The molecule has 1 heterocycles. The van der Waals surface area contributed by atoms with Gasteiger partial charge in [0.2, 0.25) is 0 Å². The summed E-state index contributed by atoms with van der Waals surface area (Å²) in [5.41, 5.74) is 3.64. The average molecular weight is 325 g/mol. The minimum absolute atomic E-state index is 0.0462. The highest BCUT2D eigenvalue weighted by Gasteiger charge is 2.11. The summed E-state index contributed by atoms with van der Waals surface area (Å²) >= 11 is 0. The lowest BCUT2D eigenvalue weighted by molar-refractivity contribution is 0.374. The van der Waals surface area contributed by atoms with Crippen molar-refractivity contribution < 1.29 is 14.6 Å². The molecule has 2 N–H and O–H groups in total. The Labute approximate surface area is 140 Å². The van der Waals surface area contributed by atoms with Crippen LogP contribution in [0.5, 0.6) is 17.2 Å². The van der Waals surface area contributed by atoms with Crippen molar-refractivity contribution in [1.82, 2.24) is 9.97 Å². The van der Waals surface area contributed by atoms with Gasteiger partial charge in [0.1, 0.15) is 17.9 Å². The van der Waals surface area contributed by atoms with Crippen molar-refractivity contribution in [1.29, 1.82) is 0 Å². The van der Waals surface area contributed by atoms with Gasteiger partial charge in [0.15, 0.2) is 11.5 Å². The van der Waals surface area contributed by atoms with Crippen LogP contribution >= 0.6 is 0 Å². The fourth-order valence-electron chi connectivity index (χ4n) is 2.82. The predicted molar refractivity (Wildman–Crippen MR) is 93.5 cm³/mol. The normalized spacial score (nSPS) is 10.7. The third kappa shape index (κ3) is 2.78. The van der Waals surface area contributed by atoms with Gasteiger partial charge in [-0.3, -0.25) is 0 Å². The fourth-order valence-corrected chi connectivity index (χ4v) is 2.82. The lowest BCUT2D eigenvalue weighted by atomic mass is 10.1. The van der Waals surface area contributed by atoms with Crippen LogP contribution in [0.25, 0.3) is 10.9 Å². The fraction of sp³-hybridized carbons (Fsp3) is 0.222. The van der Waals surface area contributed by atoms with Crippen molar-refractivity contribution in [2.75, 3.05) is 19.5 Å². The Balaban J connectivity index is 2.06. The number of phenolic OH excluding ortho intramolecular Hbond substituents is 1. The number of aromatic hydroxyl groups is 1. The third-order valence-electron chi connectivity index (χ3n) is 3.86. The van der Waals surface area contributed by atoms with Crippen molar-refractivity contribution in [3.05, 3.63) is 41.7 Å². The van der Waals surface area contributed by atoms with E-state index < -0.39 is 0 Å². The first kappa shape index (κ1) is 15.9. The van der Waals surface area contributed by atoms with Crippen molar-refractivity contribution in [3.8, 4) is 17.2 Å². The summed E-state index contributed by atoms with van der Waals surface area (Å²) in [5, 5.41) is 14.0. The van der Waals surface area contributed by atoms with Gasteiger partial charge in [0.25, 0.3) is 0 Å². The van der Waals surface area contributed by atoms with Gasteiger partial charge < -0.3 is 19.9 Å². The molecule has 0 amide bonds. The van der Waals surface area contributed by atoms with E-state index in [1.165, 1.54) is 13.4 Å². The smallest absolute Gasteiger partial charge is 0.162 e. The first-order valence-corrected chi connectivity index (χ1v) is 7.47. The monoisotopic (exact) mass is 325 g/mol. The Bertz CT molecular complexity index is 886. The molecule has 3 rings (SSSR count). The predicted octanol–water partition coefficient (Wildman–Crippen LogP) is 3.71. The van der Waals surface area contributed by atoms with Gasteiger partial charge in [0.05, 0.1) is 19.7 Å². The first-order valence-electron chi connectivity index (χ1n) is 7.47. The summed E-state index contributed by atoms with van der Waals surface area (Å²) in [4.78, 5) is 8.53. The number of hydrogen-bond donors (Lipinski definition) is 2. The van der Waals surface area contributed by atoms with E-state index in [0.717, 1.165) is 22.6 Å². The quantitative estimate of drug-likeness (QED) is 0.761. The van der Waals surface area contributed by atoms with E-state index in [4.69, 9.17) is 9.47 Å². The van der Waals surface area contributed by atoms with Crippen LogP contribution in [-0.4, -0.2) is 29.3 Å². The summed E-state index contributed by atoms with van der Waals surface area (Å²) in [6.07, 6.45) is 1.48. The van der Waals surface area contributed by atoms with Crippen molar-refractivity contribution in [2.24, 2.45) is 0 Å². The van der Waals surface area contributed by atoms with Gasteiger partial charge >= 0.3 is 0 Å². The molecule has 124 valence electrons. The molecule has 2 aromatic carbocycles. The van der Waals surface area contributed by atoms with E-state index in [-0.39, 0.29) is 5.75 Å². The summed E-state index contributed by atoms with van der Waals surface area (Å²) < 4.78 is 10.5. The second kappa shape index (κ2) is 6.23. The van der Waals surface area contributed by atoms with Crippen LogP contribution in [0.2, 0.25) is 0 Å². The Kier molecular flexibility index (Phi) is 4.12. The zero-order chi connectivity index (χ0) is 17.3. The summed E-state index contributed by atoms with van der Waals surface area (Å²) in [5.74, 6) is 1.91. The maximum Gasteiger partial charge on any atom is 0.162 e. The number of phenols is 1. The van der Waals surface area contributed by atoms with Crippen molar-refractivity contribution >= 4 is 22.4 Å². The first-order chi connectivity index (χ1) is 11.5. The van der Waals surface area contributed by atoms with Crippen LogP contribution in [0.3, 0.4) is 0 Å². The Morgan fingerprint density at radius 2 is 1.67 bits per heavy atom. The largest absolute Gasteiger partial charge is 0.504 e. The minimum Gasteiger partial charge on any atom is -0.504 e. The number of nitrogens with one attached hydrogen (secondary N) is 1. The number of hydrogen-bond acceptors (Lipinski definition) is 6. The number of nitrogens with zero attached hydrogens (tertiary/aromatic N) is 2. The Hall–Kier alpha value is -3.02. The number of rotatable bonds is 4. The molecule has 24 heavy (non-hydrogen) atoms. The lowest BCUT2D eigenvalue weighted by Gasteiger charge is -2.14. The number of aromatic nitrogens is 2. The zero-order valence-electron chi connectivity index (χ0n) is 14.0. The molecular formula is C18H19N3O3. The van der Waals surface area contributed by atoms with E-state index in [1.807, 2.05) is 26.0 Å². The van der Waals surface area contributed by atoms with Crippen LogP contribution in [0, 0.1) is 13.8 Å². The highest BCUT2D eigenvalue weighted by Crippen LogP contribution is 2.34. The maximum atomic E-state index is 10.0. The van der Waals surface area contributed by atoms with E-state index in [0.29, 0.717) is 22.5 Å². The highest BCUT2D eigenvalue weighted by atomic mass is 16.5. The number of aryl methyl sites for hydroxylation is 2. The average Bonchev–Trinajstić information content (AvgIpc) is 2.54. The van der Waals surface area contributed by atoms with E-state index in [2.05, 4.69) is 15.3 Å². The van der Waals surface area contributed by atoms with E-state index >= 15 is 0 Å². The Morgan fingerprint density at radius 1 is 0.958 bits per heavy atom. The van der Waals surface area contributed by atoms with Gasteiger partial charge in [-0.1, -0.05) is 0 Å². The molecular weight excluding hydrogens is 306 g/mol. The summed E-state index contributed by atoms with van der Waals surface area (Å²) in [6.45, 7) is 3.98. The third-order valence-corrected chi connectivity index (χ3v) is 3.86. The topological polar surface area (TPSA) is 76.5 Å². The van der Waals surface area contributed by atoms with Crippen molar-refractivity contribution in [2.45, 2.75) is 13.8 Å². The molecule has 6 heteroatoms.